The Kier molecular flexibility index (Phi) is 3.87. The van der Waals surface area contributed by atoms with Gasteiger partial charge in [0.05, 0.1) is 30.3 Å². The summed E-state index contributed by atoms with van der Waals surface area (Å²) in [5.41, 5.74) is 1.73. The molecule has 0 bridgehead atoms. The number of ether oxygens (including phenoxy) is 1. The molecule has 0 radical (unpaired) electrons. The largest absolute Gasteiger partial charge is 0.360 e. The van der Waals surface area contributed by atoms with Crippen LogP contribution in [-0.2, 0) is 16.9 Å². The Hall–Kier alpha value is -1.79. The van der Waals surface area contributed by atoms with E-state index in [9.17, 15) is 4.79 Å². The van der Waals surface area contributed by atoms with Gasteiger partial charge in [-0.05, 0) is 31.9 Å². The molecule has 2 fully saturated rings. The Morgan fingerprint density at radius 2 is 2.08 bits per heavy atom. The fraction of sp³-hybridized carbons (Fsp3) is 0.550. The number of carbonyl (C=O) groups is 1. The standard InChI is InChI=1S/C20H23N3O2S/c1-13-7-8-17(26-13)19(24)23-11-20(12-23)15-9-21-18(22-16(15)10-25-20)14-5-3-2-4-6-14/h7-9,14H,2-6,10-12H2,1H3. The molecule has 3 aliphatic rings. The van der Waals surface area contributed by atoms with Gasteiger partial charge in [-0.1, -0.05) is 19.3 Å². The van der Waals surface area contributed by atoms with Gasteiger partial charge in [0, 0.05) is 22.6 Å². The molecule has 2 aromatic heterocycles. The Bertz CT molecular complexity index is 850. The number of hydrogen-bond acceptors (Lipinski definition) is 5. The number of amides is 1. The molecule has 1 saturated carbocycles. The minimum absolute atomic E-state index is 0.102. The molecule has 1 amide bonds. The third-order valence-corrected chi connectivity index (χ3v) is 6.95. The highest BCUT2D eigenvalue weighted by atomic mass is 32.1. The Labute approximate surface area is 157 Å². The molecule has 0 unspecified atom stereocenters. The molecule has 4 heterocycles. The summed E-state index contributed by atoms with van der Waals surface area (Å²) in [7, 11) is 0. The average molecular weight is 369 g/mol. The molecule has 26 heavy (non-hydrogen) atoms. The van der Waals surface area contributed by atoms with Crippen molar-refractivity contribution in [3.63, 3.8) is 0 Å². The van der Waals surface area contributed by atoms with E-state index in [0.717, 1.165) is 26.8 Å². The van der Waals surface area contributed by atoms with Crippen molar-refractivity contribution in [2.75, 3.05) is 13.1 Å². The van der Waals surface area contributed by atoms with Crippen LogP contribution in [0.4, 0.5) is 0 Å². The van der Waals surface area contributed by atoms with E-state index in [2.05, 4.69) is 0 Å². The van der Waals surface area contributed by atoms with Crippen LogP contribution < -0.4 is 0 Å². The van der Waals surface area contributed by atoms with E-state index in [-0.39, 0.29) is 11.5 Å². The van der Waals surface area contributed by atoms with Crippen LogP contribution in [0.15, 0.2) is 18.3 Å². The van der Waals surface area contributed by atoms with Gasteiger partial charge in [-0.25, -0.2) is 9.97 Å². The van der Waals surface area contributed by atoms with Crippen molar-refractivity contribution >= 4 is 17.2 Å². The topological polar surface area (TPSA) is 55.3 Å². The van der Waals surface area contributed by atoms with Crippen LogP contribution in [0.1, 0.15) is 69.7 Å². The highest BCUT2D eigenvalue weighted by Crippen LogP contribution is 2.44. The van der Waals surface area contributed by atoms with E-state index in [0.29, 0.717) is 25.6 Å². The van der Waals surface area contributed by atoms with Crippen LogP contribution in [0.2, 0.25) is 0 Å². The molecule has 6 heteroatoms. The van der Waals surface area contributed by atoms with Crippen LogP contribution in [0.25, 0.3) is 0 Å². The van der Waals surface area contributed by atoms with Gasteiger partial charge in [-0.3, -0.25) is 4.79 Å². The van der Waals surface area contributed by atoms with E-state index < -0.39 is 0 Å². The Balaban J connectivity index is 1.32. The van der Waals surface area contributed by atoms with Gasteiger partial charge >= 0.3 is 0 Å². The molecular weight excluding hydrogens is 346 g/mol. The number of aryl methyl sites for hydroxylation is 1. The Morgan fingerprint density at radius 3 is 2.81 bits per heavy atom. The van der Waals surface area contributed by atoms with Crippen molar-refractivity contribution < 1.29 is 9.53 Å². The van der Waals surface area contributed by atoms with Gasteiger partial charge in [-0.2, -0.15) is 0 Å². The number of thiophene rings is 1. The van der Waals surface area contributed by atoms with Gasteiger partial charge in [0.1, 0.15) is 11.4 Å². The molecule has 1 spiro atoms. The fourth-order valence-electron chi connectivity index (χ4n) is 4.45. The van der Waals surface area contributed by atoms with Gasteiger partial charge in [0.2, 0.25) is 0 Å². The zero-order chi connectivity index (χ0) is 17.7. The van der Waals surface area contributed by atoms with Gasteiger partial charge in [-0.15, -0.1) is 11.3 Å². The predicted molar refractivity (Wildman–Crippen MR) is 99.3 cm³/mol. The highest BCUT2D eigenvalue weighted by molar-refractivity contribution is 7.13. The Morgan fingerprint density at radius 1 is 1.27 bits per heavy atom. The molecule has 1 saturated heterocycles. The molecule has 5 rings (SSSR count). The SMILES string of the molecule is Cc1ccc(C(=O)N2CC3(C2)OCc2nc(C4CCCCC4)ncc23)s1. The number of hydrogen-bond donors (Lipinski definition) is 0. The van der Waals surface area contributed by atoms with Crippen molar-refractivity contribution in [2.45, 2.75) is 57.2 Å². The summed E-state index contributed by atoms with van der Waals surface area (Å²) in [6.07, 6.45) is 8.27. The normalized spacial score (nSPS) is 21.7. The first-order valence-electron chi connectivity index (χ1n) is 9.51. The lowest BCUT2D eigenvalue weighted by Gasteiger charge is -2.47. The molecule has 2 aliphatic heterocycles. The van der Waals surface area contributed by atoms with Crippen LogP contribution >= 0.6 is 11.3 Å². The van der Waals surface area contributed by atoms with Gasteiger partial charge < -0.3 is 9.64 Å². The number of carbonyl (C=O) groups excluding carboxylic acids is 1. The van der Waals surface area contributed by atoms with Gasteiger partial charge in [0.15, 0.2) is 0 Å². The smallest absolute Gasteiger partial charge is 0.264 e. The van der Waals surface area contributed by atoms with Gasteiger partial charge in [0.25, 0.3) is 5.91 Å². The second-order valence-corrected chi connectivity index (χ2v) is 9.07. The first-order valence-corrected chi connectivity index (χ1v) is 10.3. The lowest BCUT2D eigenvalue weighted by Crippen LogP contribution is -2.61. The number of fused-ring (bicyclic) bond motifs is 2. The predicted octanol–water partition coefficient (Wildman–Crippen LogP) is 3.78. The second-order valence-electron chi connectivity index (χ2n) is 7.78. The summed E-state index contributed by atoms with van der Waals surface area (Å²) < 4.78 is 6.12. The minimum atomic E-state index is -0.387. The first-order chi connectivity index (χ1) is 12.6. The van der Waals surface area contributed by atoms with E-state index >= 15 is 0 Å². The summed E-state index contributed by atoms with van der Waals surface area (Å²) in [6.45, 7) is 3.76. The van der Waals surface area contributed by atoms with E-state index in [4.69, 9.17) is 14.7 Å². The zero-order valence-electron chi connectivity index (χ0n) is 15.0. The van der Waals surface area contributed by atoms with E-state index in [1.165, 1.54) is 32.1 Å². The maximum Gasteiger partial charge on any atom is 0.264 e. The third kappa shape index (κ3) is 2.58. The molecular formula is C20H23N3O2S. The highest BCUT2D eigenvalue weighted by Gasteiger charge is 2.52. The van der Waals surface area contributed by atoms with E-state index in [1.807, 2.05) is 30.2 Å². The number of nitrogens with zero attached hydrogens (tertiary/aromatic N) is 3. The van der Waals surface area contributed by atoms with Crippen LogP contribution in [0, 0.1) is 6.92 Å². The molecule has 0 N–H and O–H groups in total. The first kappa shape index (κ1) is 16.4. The number of likely N-dealkylation sites (tertiary alicyclic amines) is 1. The number of aromatic nitrogens is 2. The molecule has 2 aromatic rings. The van der Waals surface area contributed by atoms with Crippen molar-refractivity contribution in [3.05, 3.63) is 45.2 Å². The summed E-state index contributed by atoms with van der Waals surface area (Å²) >= 11 is 1.55. The molecule has 0 aromatic carbocycles. The monoisotopic (exact) mass is 369 g/mol. The second kappa shape index (κ2) is 6.13. The van der Waals surface area contributed by atoms with Crippen molar-refractivity contribution in [1.29, 1.82) is 0 Å². The molecule has 136 valence electrons. The van der Waals surface area contributed by atoms with Crippen molar-refractivity contribution in [1.82, 2.24) is 14.9 Å². The molecule has 1 aliphatic carbocycles. The molecule has 5 nitrogen and oxygen atoms in total. The maximum absolute atomic E-state index is 12.6. The fourth-order valence-corrected chi connectivity index (χ4v) is 5.28. The zero-order valence-corrected chi connectivity index (χ0v) is 15.8. The quantitative estimate of drug-likeness (QED) is 0.808. The molecule has 0 atom stereocenters. The lowest BCUT2D eigenvalue weighted by atomic mass is 9.86. The average Bonchev–Trinajstić information content (AvgIpc) is 3.24. The van der Waals surface area contributed by atoms with Crippen LogP contribution in [-0.4, -0.2) is 33.9 Å². The summed E-state index contributed by atoms with van der Waals surface area (Å²) in [4.78, 5) is 26.0. The maximum atomic E-state index is 12.6. The number of rotatable bonds is 2. The van der Waals surface area contributed by atoms with Crippen molar-refractivity contribution in [2.24, 2.45) is 0 Å². The lowest BCUT2D eigenvalue weighted by molar-refractivity contribution is -0.126. The van der Waals surface area contributed by atoms with Crippen molar-refractivity contribution in [3.8, 4) is 0 Å². The minimum Gasteiger partial charge on any atom is -0.360 e. The van der Waals surface area contributed by atoms with E-state index in [1.54, 1.807) is 11.3 Å². The summed E-state index contributed by atoms with van der Waals surface area (Å²) in [6, 6.07) is 3.91. The van der Waals surface area contributed by atoms with Crippen LogP contribution in [0.5, 0.6) is 0 Å². The summed E-state index contributed by atoms with van der Waals surface area (Å²) in [5.74, 6) is 1.60. The third-order valence-electron chi connectivity index (χ3n) is 5.96. The van der Waals surface area contributed by atoms with Crippen LogP contribution in [0.3, 0.4) is 0 Å². The summed E-state index contributed by atoms with van der Waals surface area (Å²) in [5, 5.41) is 0.